The molecule has 1 fully saturated rings. The molecule has 7 heteroatoms. The van der Waals surface area contributed by atoms with Crippen LogP contribution in [0.3, 0.4) is 0 Å². The smallest absolute Gasteiger partial charge is 0.244 e. The lowest BCUT2D eigenvalue weighted by Gasteiger charge is -2.29. The highest BCUT2D eigenvalue weighted by molar-refractivity contribution is 5.95. The van der Waals surface area contributed by atoms with Gasteiger partial charge in [0.15, 0.2) is 0 Å². The van der Waals surface area contributed by atoms with E-state index in [1.165, 1.54) is 0 Å². The van der Waals surface area contributed by atoms with Gasteiger partial charge in [-0.1, -0.05) is 0 Å². The van der Waals surface area contributed by atoms with E-state index >= 15 is 0 Å². The zero-order valence-electron chi connectivity index (χ0n) is 13.4. The maximum absolute atomic E-state index is 12.2. The van der Waals surface area contributed by atoms with Crippen molar-refractivity contribution in [3.8, 4) is 5.75 Å². The van der Waals surface area contributed by atoms with Crippen LogP contribution in [0.5, 0.6) is 5.75 Å². The highest BCUT2D eigenvalue weighted by atomic mass is 16.5. The van der Waals surface area contributed by atoms with Gasteiger partial charge in [0.2, 0.25) is 11.8 Å². The van der Waals surface area contributed by atoms with Crippen molar-refractivity contribution < 1.29 is 19.1 Å². The standard InChI is InChI=1S/C16H23N3O4/c1-11-15(18-8-10-22-11)16(21)19-12-3-5-13(6-4-12)23-9-7-14(20)17-2/h3-6,11,15,18H,7-10H2,1-2H3,(H,17,20)(H,19,21)/t11-,15+/m1/s1. The first kappa shape index (κ1) is 17.2. The summed E-state index contributed by atoms with van der Waals surface area (Å²) in [5, 5.41) is 8.53. The van der Waals surface area contributed by atoms with E-state index in [0.29, 0.717) is 37.6 Å². The number of hydrogen-bond donors (Lipinski definition) is 3. The molecule has 2 rings (SSSR count). The quantitative estimate of drug-likeness (QED) is 0.711. The number of hydrogen-bond acceptors (Lipinski definition) is 5. The van der Waals surface area contributed by atoms with Gasteiger partial charge in [0, 0.05) is 19.3 Å². The van der Waals surface area contributed by atoms with Gasteiger partial charge in [-0.25, -0.2) is 0 Å². The number of amides is 2. The third kappa shape index (κ3) is 5.22. The van der Waals surface area contributed by atoms with Crippen LogP contribution in [0.15, 0.2) is 24.3 Å². The number of nitrogens with one attached hydrogen (secondary N) is 3. The molecule has 1 aromatic rings. The Balaban J connectivity index is 1.82. The number of rotatable bonds is 6. The van der Waals surface area contributed by atoms with Crippen LogP contribution in [0.25, 0.3) is 0 Å². The molecule has 1 heterocycles. The van der Waals surface area contributed by atoms with E-state index < -0.39 is 0 Å². The summed E-state index contributed by atoms with van der Waals surface area (Å²) in [6.07, 6.45) is 0.149. The number of benzene rings is 1. The van der Waals surface area contributed by atoms with Gasteiger partial charge in [0.25, 0.3) is 0 Å². The minimum atomic E-state index is -0.354. The lowest BCUT2D eigenvalue weighted by molar-refractivity contribution is -0.124. The molecule has 1 saturated heterocycles. The molecule has 126 valence electrons. The average Bonchev–Trinajstić information content (AvgIpc) is 2.56. The molecule has 23 heavy (non-hydrogen) atoms. The van der Waals surface area contributed by atoms with Gasteiger partial charge in [-0.2, -0.15) is 0 Å². The monoisotopic (exact) mass is 321 g/mol. The topological polar surface area (TPSA) is 88.7 Å². The van der Waals surface area contributed by atoms with Crippen LogP contribution in [-0.4, -0.2) is 50.8 Å². The molecule has 2 amide bonds. The Bertz CT molecular complexity index is 533. The summed E-state index contributed by atoms with van der Waals surface area (Å²) < 4.78 is 10.9. The van der Waals surface area contributed by atoms with Gasteiger partial charge >= 0.3 is 0 Å². The summed E-state index contributed by atoms with van der Waals surface area (Å²) in [5.41, 5.74) is 0.688. The van der Waals surface area contributed by atoms with E-state index in [2.05, 4.69) is 16.0 Å². The Morgan fingerprint density at radius 3 is 2.74 bits per heavy atom. The first-order chi connectivity index (χ1) is 11.1. The fourth-order valence-electron chi connectivity index (χ4n) is 2.27. The lowest BCUT2D eigenvalue weighted by atomic mass is 10.1. The molecule has 1 aromatic carbocycles. The second-order valence-electron chi connectivity index (χ2n) is 5.29. The number of carbonyl (C=O) groups excluding carboxylic acids is 2. The highest BCUT2D eigenvalue weighted by Gasteiger charge is 2.28. The van der Waals surface area contributed by atoms with E-state index in [1.807, 2.05) is 6.92 Å². The van der Waals surface area contributed by atoms with Crippen molar-refractivity contribution in [2.45, 2.75) is 25.5 Å². The first-order valence-electron chi connectivity index (χ1n) is 7.69. The molecule has 0 radical (unpaired) electrons. The predicted octanol–water partition coefficient (Wildman–Crippen LogP) is 0.517. The number of carbonyl (C=O) groups is 2. The molecule has 0 spiro atoms. The van der Waals surface area contributed by atoms with Crippen molar-refractivity contribution in [3.63, 3.8) is 0 Å². The normalized spacial score (nSPS) is 20.6. The second-order valence-corrected chi connectivity index (χ2v) is 5.29. The third-order valence-electron chi connectivity index (χ3n) is 3.60. The zero-order valence-corrected chi connectivity index (χ0v) is 13.4. The molecule has 0 unspecified atom stereocenters. The second kappa shape index (κ2) is 8.50. The molecule has 7 nitrogen and oxygen atoms in total. The minimum Gasteiger partial charge on any atom is -0.493 e. The molecular formula is C16H23N3O4. The van der Waals surface area contributed by atoms with E-state index in [4.69, 9.17) is 9.47 Å². The summed E-state index contributed by atoms with van der Waals surface area (Å²) in [4.78, 5) is 23.3. The molecule has 2 atom stereocenters. The predicted molar refractivity (Wildman–Crippen MR) is 86.5 cm³/mol. The lowest BCUT2D eigenvalue weighted by Crippen LogP contribution is -2.53. The van der Waals surface area contributed by atoms with Crippen molar-refractivity contribution in [1.29, 1.82) is 0 Å². The van der Waals surface area contributed by atoms with Gasteiger partial charge < -0.3 is 25.4 Å². The van der Waals surface area contributed by atoms with E-state index in [9.17, 15) is 9.59 Å². The van der Waals surface area contributed by atoms with E-state index in [1.54, 1.807) is 31.3 Å². The van der Waals surface area contributed by atoms with E-state index in [-0.39, 0.29) is 24.0 Å². The van der Waals surface area contributed by atoms with Crippen LogP contribution < -0.4 is 20.7 Å². The van der Waals surface area contributed by atoms with Crippen LogP contribution in [-0.2, 0) is 14.3 Å². The zero-order chi connectivity index (χ0) is 16.7. The van der Waals surface area contributed by atoms with Gasteiger partial charge in [-0.3, -0.25) is 9.59 Å². The fraction of sp³-hybridized carbons (Fsp3) is 0.500. The molecule has 1 aliphatic rings. The molecule has 0 aromatic heterocycles. The van der Waals surface area contributed by atoms with Crippen LogP contribution in [0.4, 0.5) is 5.69 Å². The minimum absolute atomic E-state index is 0.0646. The van der Waals surface area contributed by atoms with Crippen molar-refractivity contribution >= 4 is 17.5 Å². The van der Waals surface area contributed by atoms with Crippen molar-refractivity contribution in [2.24, 2.45) is 0 Å². The first-order valence-corrected chi connectivity index (χ1v) is 7.69. The Morgan fingerprint density at radius 1 is 1.35 bits per heavy atom. The molecule has 0 bridgehead atoms. The van der Waals surface area contributed by atoms with Crippen molar-refractivity contribution in [1.82, 2.24) is 10.6 Å². The van der Waals surface area contributed by atoms with Crippen LogP contribution >= 0.6 is 0 Å². The fourth-order valence-corrected chi connectivity index (χ4v) is 2.27. The largest absolute Gasteiger partial charge is 0.493 e. The van der Waals surface area contributed by atoms with Gasteiger partial charge in [0.1, 0.15) is 11.8 Å². The van der Waals surface area contributed by atoms with E-state index in [0.717, 1.165) is 0 Å². The van der Waals surface area contributed by atoms with Crippen LogP contribution in [0.2, 0.25) is 0 Å². The Hall–Kier alpha value is -2.12. The highest BCUT2D eigenvalue weighted by Crippen LogP contribution is 2.17. The summed E-state index contributed by atoms with van der Waals surface area (Å²) in [6, 6.07) is 6.69. The number of anilines is 1. The Kier molecular flexibility index (Phi) is 6.37. The SMILES string of the molecule is CNC(=O)CCOc1ccc(NC(=O)[C@H]2NCCO[C@@H]2C)cc1. The summed E-state index contributed by atoms with van der Waals surface area (Å²) in [6.45, 7) is 3.47. The van der Waals surface area contributed by atoms with Crippen molar-refractivity contribution in [2.75, 3.05) is 32.1 Å². The molecule has 3 N–H and O–H groups in total. The Labute approximate surface area is 135 Å². The van der Waals surface area contributed by atoms with Crippen LogP contribution in [0.1, 0.15) is 13.3 Å². The average molecular weight is 321 g/mol. The van der Waals surface area contributed by atoms with Crippen molar-refractivity contribution in [3.05, 3.63) is 24.3 Å². The summed E-state index contributed by atoms with van der Waals surface area (Å²) >= 11 is 0. The number of ether oxygens (including phenoxy) is 2. The molecule has 0 aliphatic carbocycles. The summed E-state index contributed by atoms with van der Waals surface area (Å²) in [5.74, 6) is 0.468. The number of morpholine rings is 1. The maximum atomic E-state index is 12.2. The third-order valence-corrected chi connectivity index (χ3v) is 3.60. The molecular weight excluding hydrogens is 298 g/mol. The van der Waals surface area contributed by atoms with Crippen LogP contribution in [0, 0.1) is 0 Å². The molecule has 0 saturated carbocycles. The van der Waals surface area contributed by atoms with Gasteiger partial charge in [-0.15, -0.1) is 0 Å². The molecule has 1 aliphatic heterocycles. The maximum Gasteiger partial charge on any atom is 0.244 e. The van der Waals surface area contributed by atoms with Gasteiger partial charge in [0.05, 0.1) is 25.7 Å². The van der Waals surface area contributed by atoms with Gasteiger partial charge in [-0.05, 0) is 31.2 Å². The summed E-state index contributed by atoms with van der Waals surface area (Å²) in [7, 11) is 1.59. The Morgan fingerprint density at radius 2 is 2.09 bits per heavy atom.